The maximum atomic E-state index is 12.4. The topological polar surface area (TPSA) is 76.0 Å². The van der Waals surface area contributed by atoms with Crippen LogP contribution in [0.2, 0.25) is 0 Å². The lowest BCUT2D eigenvalue weighted by Gasteiger charge is -2.07. The number of nitrogens with zero attached hydrogens (tertiary/aromatic N) is 2. The van der Waals surface area contributed by atoms with E-state index in [0.717, 1.165) is 5.56 Å². The number of amides is 2. The summed E-state index contributed by atoms with van der Waals surface area (Å²) in [5.41, 5.74) is 2.85. The monoisotopic (exact) mass is 348 g/mol. The van der Waals surface area contributed by atoms with Gasteiger partial charge in [-0.25, -0.2) is 0 Å². The number of anilines is 2. The Morgan fingerprint density at radius 1 is 1.00 bits per heavy atom. The minimum Gasteiger partial charge on any atom is -0.326 e. The molecule has 2 aromatic carbocycles. The summed E-state index contributed by atoms with van der Waals surface area (Å²) < 4.78 is 1.72. The van der Waals surface area contributed by atoms with Crippen LogP contribution in [-0.2, 0) is 11.3 Å². The van der Waals surface area contributed by atoms with Gasteiger partial charge in [0.2, 0.25) is 5.91 Å². The molecule has 2 N–H and O–H groups in total. The lowest BCUT2D eigenvalue weighted by atomic mass is 10.2. The van der Waals surface area contributed by atoms with Gasteiger partial charge in [0.05, 0.1) is 18.3 Å². The molecule has 0 atom stereocenters. The van der Waals surface area contributed by atoms with E-state index < -0.39 is 0 Å². The van der Waals surface area contributed by atoms with E-state index in [9.17, 15) is 9.59 Å². The standard InChI is InChI=1S/C20H20N4O2/c1-2-19(25)22-17-9-6-10-18(11-17)23-20(26)16-12-21-24(14-16)13-15-7-4-3-5-8-15/h3-12,14H,2,13H2,1H3,(H,22,25)(H,23,26). The van der Waals surface area contributed by atoms with Gasteiger partial charge >= 0.3 is 0 Å². The van der Waals surface area contributed by atoms with Gasteiger partial charge in [-0.15, -0.1) is 0 Å². The molecule has 0 bridgehead atoms. The first kappa shape index (κ1) is 17.4. The Kier molecular flexibility index (Phi) is 5.43. The summed E-state index contributed by atoms with van der Waals surface area (Å²) in [5.74, 6) is -0.320. The van der Waals surface area contributed by atoms with Crippen molar-refractivity contribution in [3.8, 4) is 0 Å². The van der Waals surface area contributed by atoms with Crippen molar-refractivity contribution in [3.05, 3.63) is 78.1 Å². The van der Waals surface area contributed by atoms with Gasteiger partial charge in [-0.3, -0.25) is 14.3 Å². The highest BCUT2D eigenvalue weighted by atomic mass is 16.2. The van der Waals surface area contributed by atoms with E-state index in [0.29, 0.717) is 29.9 Å². The van der Waals surface area contributed by atoms with Crippen molar-refractivity contribution >= 4 is 23.2 Å². The number of carbonyl (C=O) groups excluding carboxylic acids is 2. The minimum atomic E-state index is -0.247. The van der Waals surface area contributed by atoms with E-state index in [-0.39, 0.29) is 11.8 Å². The number of hydrogen-bond donors (Lipinski definition) is 2. The average Bonchev–Trinajstić information content (AvgIpc) is 3.11. The number of nitrogens with one attached hydrogen (secondary N) is 2. The minimum absolute atomic E-state index is 0.0735. The Bertz CT molecular complexity index is 903. The number of rotatable bonds is 6. The van der Waals surface area contributed by atoms with Crippen molar-refractivity contribution in [1.82, 2.24) is 9.78 Å². The summed E-state index contributed by atoms with van der Waals surface area (Å²) in [6.45, 7) is 2.39. The lowest BCUT2D eigenvalue weighted by molar-refractivity contribution is -0.115. The summed E-state index contributed by atoms with van der Waals surface area (Å²) in [6.07, 6.45) is 3.66. The summed E-state index contributed by atoms with van der Waals surface area (Å²) in [6, 6.07) is 17.0. The van der Waals surface area contributed by atoms with E-state index in [4.69, 9.17) is 0 Å². The molecule has 0 saturated carbocycles. The molecule has 0 radical (unpaired) electrons. The second-order valence-corrected chi connectivity index (χ2v) is 5.85. The molecule has 1 aromatic heterocycles. The van der Waals surface area contributed by atoms with Gasteiger partial charge in [-0.2, -0.15) is 5.10 Å². The van der Waals surface area contributed by atoms with Gasteiger partial charge in [0.25, 0.3) is 5.91 Å². The molecule has 0 aliphatic carbocycles. The Morgan fingerprint density at radius 3 is 2.46 bits per heavy atom. The number of hydrogen-bond acceptors (Lipinski definition) is 3. The quantitative estimate of drug-likeness (QED) is 0.715. The molecule has 26 heavy (non-hydrogen) atoms. The van der Waals surface area contributed by atoms with Crippen molar-refractivity contribution < 1.29 is 9.59 Å². The van der Waals surface area contributed by atoms with Crippen LogP contribution in [0.15, 0.2) is 67.0 Å². The third-order valence-corrected chi connectivity index (χ3v) is 3.81. The van der Waals surface area contributed by atoms with E-state index in [1.54, 1.807) is 48.3 Å². The van der Waals surface area contributed by atoms with Crippen molar-refractivity contribution in [2.24, 2.45) is 0 Å². The highest BCUT2D eigenvalue weighted by Gasteiger charge is 2.10. The zero-order valence-electron chi connectivity index (χ0n) is 14.5. The fraction of sp³-hybridized carbons (Fsp3) is 0.150. The summed E-state index contributed by atoms with van der Waals surface area (Å²) >= 11 is 0. The van der Waals surface area contributed by atoms with Crippen LogP contribution >= 0.6 is 0 Å². The normalized spacial score (nSPS) is 10.3. The SMILES string of the molecule is CCC(=O)Nc1cccc(NC(=O)c2cnn(Cc3ccccc3)c2)c1. The molecule has 1 heterocycles. The maximum absolute atomic E-state index is 12.4. The maximum Gasteiger partial charge on any atom is 0.258 e. The summed E-state index contributed by atoms with van der Waals surface area (Å²) in [5, 5.41) is 9.83. The smallest absolute Gasteiger partial charge is 0.258 e. The van der Waals surface area contributed by atoms with Crippen LogP contribution in [0.5, 0.6) is 0 Å². The predicted molar refractivity (Wildman–Crippen MR) is 101 cm³/mol. The molecule has 3 aromatic rings. The molecule has 132 valence electrons. The molecule has 0 saturated heterocycles. The molecular formula is C20H20N4O2. The Morgan fingerprint density at radius 2 is 1.73 bits per heavy atom. The van der Waals surface area contributed by atoms with E-state index in [1.807, 2.05) is 30.3 Å². The first-order valence-electron chi connectivity index (χ1n) is 8.41. The lowest BCUT2D eigenvalue weighted by Crippen LogP contribution is -2.12. The van der Waals surface area contributed by atoms with E-state index in [1.165, 1.54) is 0 Å². The Hall–Kier alpha value is -3.41. The van der Waals surface area contributed by atoms with Crippen LogP contribution in [0, 0.1) is 0 Å². The third-order valence-electron chi connectivity index (χ3n) is 3.81. The van der Waals surface area contributed by atoms with Crippen LogP contribution < -0.4 is 10.6 Å². The number of aromatic nitrogens is 2. The number of benzene rings is 2. The molecule has 0 spiro atoms. The predicted octanol–water partition coefficient (Wildman–Crippen LogP) is 3.53. The Labute approximate surface area is 151 Å². The van der Waals surface area contributed by atoms with Crippen LogP contribution in [0.1, 0.15) is 29.3 Å². The van der Waals surface area contributed by atoms with E-state index in [2.05, 4.69) is 15.7 Å². The van der Waals surface area contributed by atoms with Crippen LogP contribution in [0.3, 0.4) is 0 Å². The van der Waals surface area contributed by atoms with Gasteiger partial charge in [-0.05, 0) is 23.8 Å². The van der Waals surface area contributed by atoms with Crippen LogP contribution in [-0.4, -0.2) is 21.6 Å². The van der Waals surface area contributed by atoms with Crippen molar-refractivity contribution in [2.75, 3.05) is 10.6 Å². The zero-order chi connectivity index (χ0) is 18.4. The molecule has 0 aliphatic rings. The summed E-state index contributed by atoms with van der Waals surface area (Å²) in [7, 11) is 0. The van der Waals surface area contributed by atoms with Crippen LogP contribution in [0.25, 0.3) is 0 Å². The third kappa shape index (κ3) is 4.57. The van der Waals surface area contributed by atoms with E-state index >= 15 is 0 Å². The zero-order valence-corrected chi connectivity index (χ0v) is 14.5. The molecule has 3 rings (SSSR count). The molecule has 0 aliphatic heterocycles. The second kappa shape index (κ2) is 8.11. The van der Waals surface area contributed by atoms with Crippen LogP contribution in [0.4, 0.5) is 11.4 Å². The largest absolute Gasteiger partial charge is 0.326 e. The van der Waals surface area contributed by atoms with Gasteiger partial charge < -0.3 is 10.6 Å². The van der Waals surface area contributed by atoms with Crippen molar-refractivity contribution in [3.63, 3.8) is 0 Å². The molecule has 6 nitrogen and oxygen atoms in total. The van der Waals surface area contributed by atoms with Crippen molar-refractivity contribution in [2.45, 2.75) is 19.9 Å². The van der Waals surface area contributed by atoms with Gasteiger partial charge in [-0.1, -0.05) is 43.3 Å². The van der Waals surface area contributed by atoms with Gasteiger partial charge in [0.15, 0.2) is 0 Å². The first-order valence-corrected chi connectivity index (χ1v) is 8.41. The first-order chi connectivity index (χ1) is 12.6. The van der Waals surface area contributed by atoms with Crippen molar-refractivity contribution in [1.29, 1.82) is 0 Å². The molecular weight excluding hydrogens is 328 g/mol. The molecule has 0 fully saturated rings. The van der Waals surface area contributed by atoms with Gasteiger partial charge in [0.1, 0.15) is 0 Å². The molecule has 2 amide bonds. The second-order valence-electron chi connectivity index (χ2n) is 5.85. The van der Waals surface area contributed by atoms with Gasteiger partial charge in [0, 0.05) is 24.0 Å². The number of carbonyl (C=O) groups is 2. The Balaban J connectivity index is 1.65. The highest BCUT2D eigenvalue weighted by Crippen LogP contribution is 2.16. The summed E-state index contributed by atoms with van der Waals surface area (Å²) in [4.78, 5) is 23.9. The highest BCUT2D eigenvalue weighted by molar-refractivity contribution is 6.04. The fourth-order valence-corrected chi connectivity index (χ4v) is 2.47. The fourth-order valence-electron chi connectivity index (χ4n) is 2.47. The average molecular weight is 348 g/mol. The molecule has 0 unspecified atom stereocenters. The molecule has 6 heteroatoms.